The van der Waals surface area contributed by atoms with E-state index in [0.717, 1.165) is 0 Å². The van der Waals surface area contributed by atoms with Crippen LogP contribution >= 0.6 is 0 Å². The maximum absolute atomic E-state index is 3.10. The van der Waals surface area contributed by atoms with E-state index < -0.39 is 0 Å². The maximum Gasteiger partial charge on any atom is 0.176 e. The minimum Gasteiger partial charge on any atom is -0.131 e. The Morgan fingerprint density at radius 1 is 0.304 bits per heavy atom. The van der Waals surface area contributed by atoms with E-state index in [1.165, 1.54) is 115 Å². The summed E-state index contributed by atoms with van der Waals surface area (Å²) in [5.41, 5.74) is 2.92. The molecule has 0 aromatic heterocycles. The molecule has 0 nitrogen and oxygen atoms in total. The molecule has 9 aromatic rings. The third-order valence-corrected chi connectivity index (χ3v) is 12.3. The lowest BCUT2D eigenvalue weighted by Gasteiger charge is -2.24. The van der Waals surface area contributed by atoms with Gasteiger partial charge in [-0.05, 0) is 132 Å². The molecule has 0 aliphatic rings. The van der Waals surface area contributed by atoms with Crippen molar-refractivity contribution in [2.75, 3.05) is 0 Å². The van der Waals surface area contributed by atoms with Gasteiger partial charge in [-0.3, -0.25) is 0 Å². The molecular weight excluding hydrogens is 612 g/mol. The third-order valence-electron chi connectivity index (χ3n) is 10.5. The summed E-state index contributed by atoms with van der Waals surface area (Å²) in [6.07, 6.45) is 0. The highest BCUT2D eigenvalue weighted by atomic mass is 27.1. The molecule has 9 rings (SSSR count). The second kappa shape index (κ2) is 9.66. The van der Waals surface area contributed by atoms with Crippen molar-refractivity contribution in [2.45, 2.75) is 52.4 Å². The van der Waals surface area contributed by atoms with Gasteiger partial charge in [0.25, 0.3) is 0 Å². The van der Waals surface area contributed by atoms with Crippen molar-refractivity contribution in [1.82, 2.24) is 0 Å². The number of hydrogen-bond acceptors (Lipinski definition) is 0. The van der Waals surface area contributed by atoms with Crippen LogP contribution < -0.4 is 17.7 Å². The zero-order valence-electron chi connectivity index (χ0n) is 27.2. The maximum atomic E-state index is 3.10. The van der Waals surface area contributed by atoms with Crippen molar-refractivity contribution >= 4 is 169 Å². The second-order valence-corrected chi connectivity index (χ2v) is 18.1. The zero-order valence-corrected chi connectivity index (χ0v) is 31.9. The molecule has 9 aromatic carbocycles. The largest absolute Gasteiger partial charge is 0.176 e. The monoisotopic (exact) mass is 642 g/mol. The van der Waals surface area contributed by atoms with Crippen LogP contribution in [0.3, 0.4) is 0 Å². The van der Waals surface area contributed by atoms with Gasteiger partial charge >= 0.3 is 0 Å². The molecule has 0 saturated carbocycles. The van der Waals surface area contributed by atoms with Crippen LogP contribution in [-0.2, 0) is 10.8 Å². The minimum atomic E-state index is 0.0842. The molecule has 0 aliphatic heterocycles. The van der Waals surface area contributed by atoms with Crippen LogP contribution in [0, 0.1) is 0 Å². The van der Waals surface area contributed by atoms with Crippen LogP contribution in [-0.4, -0.2) is 65.2 Å². The minimum absolute atomic E-state index is 0.0842. The van der Waals surface area contributed by atoms with Gasteiger partial charge in [-0.1, -0.05) is 90.1 Å². The lowest BCUT2D eigenvalue weighted by Crippen LogP contribution is -2.14. The highest BCUT2D eigenvalue weighted by Crippen LogP contribution is 2.43. The molecule has 0 saturated heterocycles. The molecular formula is C42H30Al4. The Kier molecular flexibility index (Phi) is 6.26. The Balaban J connectivity index is 1.47. The highest BCUT2D eigenvalue weighted by Gasteiger charge is 2.22. The zero-order chi connectivity index (χ0) is 32.2. The topological polar surface area (TPSA) is 0 Å². The van der Waals surface area contributed by atoms with Gasteiger partial charge in [-0.15, -0.1) is 17.7 Å². The van der Waals surface area contributed by atoms with Gasteiger partial charge in [0.15, 0.2) is 65.2 Å². The Morgan fingerprint density at radius 3 is 1.00 bits per heavy atom. The molecule has 0 heterocycles. The van der Waals surface area contributed by atoms with E-state index in [4.69, 9.17) is 0 Å². The normalized spacial score (nSPS) is 13.3. The molecule has 0 aliphatic carbocycles. The first-order chi connectivity index (χ1) is 21.7. The van der Waals surface area contributed by atoms with Crippen molar-refractivity contribution in [3.8, 4) is 0 Å². The Morgan fingerprint density at radius 2 is 0.652 bits per heavy atom. The molecule has 0 fully saturated rings. The van der Waals surface area contributed by atoms with E-state index in [2.05, 4.69) is 179 Å². The molecule has 0 bridgehead atoms. The van der Waals surface area contributed by atoms with Crippen LogP contribution in [0.2, 0.25) is 0 Å². The number of hydrogen-bond donors (Lipinski definition) is 0. The SMILES string of the molecule is CC(C)(C)c1cc2c[c]([Al])c3cc4cc5cc6[c]([Al])cc7cc(C(C)(C)C)cc8c[c]([Al])c(c5cc4c4[c]([Al])cc(c1)c2c34)c6c78. The number of benzene rings is 9. The fraction of sp³-hybridized carbons (Fsp3) is 0.190. The van der Waals surface area contributed by atoms with Crippen LogP contribution in [0.4, 0.5) is 0 Å². The molecule has 210 valence electrons. The van der Waals surface area contributed by atoms with E-state index in [1.54, 1.807) is 0 Å². The van der Waals surface area contributed by atoms with Crippen LogP contribution in [0.1, 0.15) is 52.7 Å². The van der Waals surface area contributed by atoms with Gasteiger partial charge in [-0.2, -0.15) is 0 Å². The van der Waals surface area contributed by atoms with Crippen LogP contribution in [0.5, 0.6) is 0 Å². The number of rotatable bonds is 0. The summed E-state index contributed by atoms with van der Waals surface area (Å²) >= 11 is 12.3. The summed E-state index contributed by atoms with van der Waals surface area (Å²) in [6.45, 7) is 13.8. The Labute approximate surface area is 302 Å². The van der Waals surface area contributed by atoms with Gasteiger partial charge in [-0.25, -0.2) is 0 Å². The van der Waals surface area contributed by atoms with Crippen molar-refractivity contribution in [3.05, 3.63) is 83.9 Å². The highest BCUT2D eigenvalue weighted by molar-refractivity contribution is 6.53. The van der Waals surface area contributed by atoms with Gasteiger partial charge in [0.2, 0.25) is 0 Å². The summed E-state index contributed by atoms with van der Waals surface area (Å²) in [5.74, 6) is 0. The molecule has 4 heteroatoms. The van der Waals surface area contributed by atoms with Gasteiger partial charge in [0, 0.05) is 0 Å². The second-order valence-electron chi connectivity index (χ2n) is 15.6. The molecule has 0 atom stereocenters. The first-order valence-corrected chi connectivity index (χ1v) is 18.4. The molecule has 46 heavy (non-hydrogen) atoms. The van der Waals surface area contributed by atoms with Gasteiger partial charge < -0.3 is 0 Å². The Bertz CT molecular complexity index is 2560. The predicted octanol–water partition coefficient (Wildman–Crippen LogP) is 7.56. The fourth-order valence-electron chi connectivity index (χ4n) is 8.12. The van der Waals surface area contributed by atoms with E-state index in [9.17, 15) is 0 Å². The van der Waals surface area contributed by atoms with Crippen molar-refractivity contribution in [1.29, 1.82) is 0 Å². The molecule has 0 spiro atoms. The lowest BCUT2D eigenvalue weighted by molar-refractivity contribution is 0.591. The first kappa shape index (κ1) is 29.8. The van der Waals surface area contributed by atoms with E-state index >= 15 is 0 Å². The quantitative estimate of drug-likeness (QED) is 0.0911. The van der Waals surface area contributed by atoms with E-state index in [1.807, 2.05) is 0 Å². The smallest absolute Gasteiger partial charge is 0.131 e. The van der Waals surface area contributed by atoms with Gasteiger partial charge in [0.05, 0.1) is 0 Å². The summed E-state index contributed by atoms with van der Waals surface area (Å²) in [4.78, 5) is 0. The van der Waals surface area contributed by atoms with Gasteiger partial charge in [0.1, 0.15) is 0 Å². The van der Waals surface area contributed by atoms with E-state index in [0.29, 0.717) is 0 Å². The molecule has 0 amide bonds. The Hall–Kier alpha value is -2.29. The average Bonchev–Trinajstić information content (AvgIpc) is 2.96. The molecule has 0 unspecified atom stereocenters. The lowest BCUT2D eigenvalue weighted by atomic mass is 9.82. The molecule has 8 radical (unpaired) electrons. The van der Waals surface area contributed by atoms with Crippen molar-refractivity contribution in [2.24, 2.45) is 0 Å². The van der Waals surface area contributed by atoms with Crippen molar-refractivity contribution < 1.29 is 0 Å². The first-order valence-electron chi connectivity index (χ1n) is 16.1. The third kappa shape index (κ3) is 4.11. The fourth-order valence-corrected chi connectivity index (χ4v) is 9.89. The average molecular weight is 643 g/mol. The molecule has 0 N–H and O–H groups in total. The van der Waals surface area contributed by atoms with Crippen molar-refractivity contribution in [3.63, 3.8) is 0 Å². The van der Waals surface area contributed by atoms with Crippen LogP contribution in [0.15, 0.2) is 72.8 Å². The number of fused-ring (bicyclic) bond motifs is 4. The van der Waals surface area contributed by atoms with Crippen LogP contribution in [0.25, 0.3) is 86.2 Å². The predicted molar refractivity (Wildman–Crippen MR) is 208 cm³/mol. The summed E-state index contributed by atoms with van der Waals surface area (Å²) < 4.78 is 5.03. The summed E-state index contributed by atoms with van der Waals surface area (Å²) in [5, 5.41) is 21.4. The standard InChI is InChI=1S/C42H30.4Al/c1-41(2,3)31-18-25-9-7-23-15-29-17-30-16-24-8-10-26-19-32(42(4,5)6)21-28-12-14-34(40(24)38(26)28)36(30)22-35(29)33-13-11-27(20-31)37(25)39(23)33;;;;/h9-12,15-22H,1-6H3;;;;. The summed E-state index contributed by atoms with van der Waals surface area (Å²) in [6, 6.07) is 29.0. The summed E-state index contributed by atoms with van der Waals surface area (Å²) in [7, 11) is 0. The van der Waals surface area contributed by atoms with E-state index in [-0.39, 0.29) is 10.8 Å².